The van der Waals surface area contributed by atoms with Crippen LogP contribution in [0.2, 0.25) is 0 Å². The molecule has 23 heavy (non-hydrogen) atoms. The highest BCUT2D eigenvalue weighted by molar-refractivity contribution is 5.85. The van der Waals surface area contributed by atoms with E-state index in [0.717, 1.165) is 0 Å². The van der Waals surface area contributed by atoms with E-state index in [9.17, 15) is 14.4 Å². The summed E-state index contributed by atoms with van der Waals surface area (Å²) >= 11 is 0. The molecule has 0 fully saturated rings. The van der Waals surface area contributed by atoms with E-state index in [4.69, 9.17) is 14.2 Å². The van der Waals surface area contributed by atoms with Crippen molar-refractivity contribution in [2.45, 2.75) is 60.1 Å². The second kappa shape index (κ2) is 7.19. The topological polar surface area (TPSA) is 90.9 Å². The summed E-state index contributed by atoms with van der Waals surface area (Å²) in [5, 5.41) is 2.51. The highest BCUT2D eigenvalue weighted by Gasteiger charge is 2.52. The Kier molecular flexibility index (Phi) is 6.63. The van der Waals surface area contributed by atoms with E-state index in [1.165, 1.54) is 14.2 Å². The summed E-state index contributed by atoms with van der Waals surface area (Å²) in [7, 11) is 2.49. The van der Waals surface area contributed by atoms with Crippen molar-refractivity contribution in [3.05, 3.63) is 0 Å². The van der Waals surface area contributed by atoms with E-state index in [2.05, 4.69) is 5.32 Å². The van der Waals surface area contributed by atoms with Gasteiger partial charge in [-0.05, 0) is 34.6 Å². The van der Waals surface area contributed by atoms with Crippen molar-refractivity contribution in [1.82, 2.24) is 5.32 Å². The smallest absolute Gasteiger partial charge is 0.408 e. The van der Waals surface area contributed by atoms with Crippen LogP contribution in [0.1, 0.15) is 48.5 Å². The van der Waals surface area contributed by atoms with Gasteiger partial charge in [0.15, 0.2) is 0 Å². The van der Waals surface area contributed by atoms with Crippen molar-refractivity contribution in [2.24, 2.45) is 10.8 Å². The van der Waals surface area contributed by atoms with Crippen LogP contribution in [0.25, 0.3) is 0 Å². The number of esters is 2. The van der Waals surface area contributed by atoms with Crippen LogP contribution >= 0.6 is 0 Å². The lowest BCUT2D eigenvalue weighted by atomic mass is 9.63. The van der Waals surface area contributed by atoms with Crippen molar-refractivity contribution < 1.29 is 28.6 Å². The molecule has 0 rings (SSSR count). The van der Waals surface area contributed by atoms with Crippen LogP contribution in [0.5, 0.6) is 0 Å². The average Bonchev–Trinajstić information content (AvgIpc) is 2.40. The van der Waals surface area contributed by atoms with Gasteiger partial charge in [0.25, 0.3) is 0 Å². The molecule has 0 saturated carbocycles. The number of methoxy groups -OCH3 is 2. The molecule has 0 aromatic rings. The minimum absolute atomic E-state index is 0.498. The standard InChI is InChI=1S/C16H29NO6/c1-14(2,3)23-13(20)17-10(11(18)21-8)15(4,5)16(6,7)12(19)22-9/h10H,1-9H3,(H,17,20)/t10-/m1/s1. The molecule has 1 N–H and O–H groups in total. The quantitative estimate of drug-likeness (QED) is 0.614. The summed E-state index contributed by atoms with van der Waals surface area (Å²) in [6.07, 6.45) is -0.762. The molecule has 1 amide bonds. The van der Waals surface area contributed by atoms with Gasteiger partial charge in [-0.15, -0.1) is 0 Å². The molecule has 134 valence electrons. The molecule has 0 aliphatic carbocycles. The molecule has 0 aliphatic heterocycles. The fourth-order valence-electron chi connectivity index (χ4n) is 1.96. The fraction of sp³-hybridized carbons (Fsp3) is 0.812. The van der Waals surface area contributed by atoms with E-state index < -0.39 is 40.5 Å². The third-order valence-electron chi connectivity index (χ3n) is 4.13. The number of hydrogen-bond donors (Lipinski definition) is 1. The van der Waals surface area contributed by atoms with Crippen LogP contribution in [0.4, 0.5) is 4.79 Å². The minimum Gasteiger partial charge on any atom is -0.469 e. The van der Waals surface area contributed by atoms with Gasteiger partial charge in [-0.2, -0.15) is 0 Å². The molecule has 0 radical (unpaired) electrons. The van der Waals surface area contributed by atoms with Gasteiger partial charge in [0.05, 0.1) is 19.6 Å². The summed E-state index contributed by atoms with van der Waals surface area (Å²) in [5.41, 5.74) is -2.77. The summed E-state index contributed by atoms with van der Waals surface area (Å²) in [4.78, 5) is 36.3. The first-order valence-electron chi connectivity index (χ1n) is 7.36. The normalized spacial score (nSPS) is 13.8. The Labute approximate surface area is 138 Å². The molecule has 0 saturated heterocycles. The van der Waals surface area contributed by atoms with Crippen LogP contribution in [0, 0.1) is 10.8 Å². The van der Waals surface area contributed by atoms with E-state index in [0.29, 0.717) is 0 Å². The minimum atomic E-state index is -1.09. The van der Waals surface area contributed by atoms with Gasteiger partial charge in [0.2, 0.25) is 0 Å². The molecule has 7 nitrogen and oxygen atoms in total. The summed E-state index contributed by atoms with van der Waals surface area (Å²) in [5.74, 6) is -1.17. The van der Waals surface area contributed by atoms with Crippen molar-refractivity contribution in [3.8, 4) is 0 Å². The Morgan fingerprint density at radius 3 is 1.70 bits per heavy atom. The summed E-state index contributed by atoms with van der Waals surface area (Å²) < 4.78 is 14.8. The Balaban J connectivity index is 5.60. The van der Waals surface area contributed by atoms with Crippen LogP contribution in [-0.4, -0.2) is 43.9 Å². The van der Waals surface area contributed by atoms with Gasteiger partial charge >= 0.3 is 18.0 Å². The lowest BCUT2D eigenvalue weighted by Gasteiger charge is -2.43. The van der Waals surface area contributed by atoms with Gasteiger partial charge < -0.3 is 19.5 Å². The third kappa shape index (κ3) is 5.11. The van der Waals surface area contributed by atoms with E-state index in [1.54, 1.807) is 48.5 Å². The van der Waals surface area contributed by atoms with E-state index >= 15 is 0 Å². The molecule has 1 atom stereocenters. The fourth-order valence-corrected chi connectivity index (χ4v) is 1.96. The zero-order chi connectivity index (χ0) is 18.6. The Bertz CT molecular complexity index is 462. The number of carbonyl (C=O) groups is 3. The number of alkyl carbamates (subject to hydrolysis) is 1. The van der Waals surface area contributed by atoms with Crippen LogP contribution in [0.3, 0.4) is 0 Å². The van der Waals surface area contributed by atoms with E-state index in [-0.39, 0.29) is 0 Å². The SMILES string of the molecule is COC(=O)[C@@H](NC(=O)OC(C)(C)C)C(C)(C)C(C)(C)C(=O)OC. The largest absolute Gasteiger partial charge is 0.469 e. The van der Waals surface area contributed by atoms with Crippen LogP contribution < -0.4 is 5.32 Å². The number of carbonyl (C=O) groups excluding carboxylic acids is 3. The molecule has 0 bridgehead atoms. The van der Waals surface area contributed by atoms with Gasteiger partial charge in [0.1, 0.15) is 11.6 Å². The lowest BCUT2D eigenvalue weighted by molar-refractivity contribution is -0.163. The number of nitrogens with one attached hydrogen (secondary N) is 1. The summed E-state index contributed by atoms with van der Waals surface area (Å²) in [6, 6.07) is -1.09. The number of ether oxygens (including phenoxy) is 3. The Morgan fingerprint density at radius 2 is 1.35 bits per heavy atom. The van der Waals surface area contributed by atoms with Crippen LogP contribution in [0.15, 0.2) is 0 Å². The highest BCUT2D eigenvalue weighted by atomic mass is 16.6. The molecule has 7 heteroatoms. The molecule has 0 aliphatic rings. The molecular formula is C16H29NO6. The first-order chi connectivity index (χ1) is 10.2. The average molecular weight is 331 g/mol. The third-order valence-corrected chi connectivity index (χ3v) is 4.13. The maximum absolute atomic E-state index is 12.2. The van der Waals surface area contributed by atoms with Crippen molar-refractivity contribution >= 4 is 18.0 Å². The Morgan fingerprint density at radius 1 is 0.870 bits per heavy atom. The summed E-state index contributed by atoms with van der Waals surface area (Å²) in [6.45, 7) is 11.8. The second-order valence-corrected chi connectivity index (χ2v) is 7.44. The number of amides is 1. The van der Waals surface area contributed by atoms with Gasteiger partial charge in [-0.3, -0.25) is 4.79 Å². The molecule has 0 aromatic heterocycles. The number of hydrogen-bond acceptors (Lipinski definition) is 6. The first kappa shape index (κ1) is 21.2. The highest BCUT2D eigenvalue weighted by Crippen LogP contribution is 2.42. The zero-order valence-electron chi connectivity index (χ0n) is 15.5. The van der Waals surface area contributed by atoms with Crippen molar-refractivity contribution in [2.75, 3.05) is 14.2 Å². The van der Waals surface area contributed by atoms with Gasteiger partial charge in [-0.1, -0.05) is 13.8 Å². The zero-order valence-corrected chi connectivity index (χ0v) is 15.5. The van der Waals surface area contributed by atoms with Gasteiger partial charge in [0, 0.05) is 5.41 Å². The Hall–Kier alpha value is -1.79. The first-order valence-corrected chi connectivity index (χ1v) is 7.36. The molecule has 0 aromatic carbocycles. The second-order valence-electron chi connectivity index (χ2n) is 7.44. The van der Waals surface area contributed by atoms with Crippen molar-refractivity contribution in [3.63, 3.8) is 0 Å². The van der Waals surface area contributed by atoms with Crippen molar-refractivity contribution in [1.29, 1.82) is 0 Å². The monoisotopic (exact) mass is 331 g/mol. The lowest BCUT2D eigenvalue weighted by Crippen LogP contribution is -2.58. The van der Waals surface area contributed by atoms with Gasteiger partial charge in [-0.25, -0.2) is 9.59 Å². The predicted molar refractivity (Wildman–Crippen MR) is 84.8 cm³/mol. The molecule has 0 spiro atoms. The molecule has 0 unspecified atom stereocenters. The number of rotatable bonds is 5. The maximum atomic E-state index is 12.2. The maximum Gasteiger partial charge on any atom is 0.408 e. The molecular weight excluding hydrogens is 302 g/mol. The predicted octanol–water partition coefficient (Wildman–Crippen LogP) is 2.28. The van der Waals surface area contributed by atoms with E-state index in [1.807, 2.05) is 0 Å². The molecule has 0 heterocycles. The van der Waals surface area contributed by atoms with Crippen LogP contribution in [-0.2, 0) is 23.8 Å².